The van der Waals surface area contributed by atoms with E-state index in [1.54, 1.807) is 6.08 Å². The standard InChI is InChI=1S/C87H167NO13/c1-3-5-7-9-11-13-15-17-19-21-23-25-27-29-31-33-34-35-36-37-38-39-40-41-43-45-47-49-51-53-55-57-59-61-63-65-67-69-71-79(92)88-75(74-98-86-84(97)82(95)85(78(73-90)100-86)101-87-83(96)81(94)80(93)77(72-89)99-87)76(91)70-68-66-64-62-60-58-56-54-52-50-48-46-44-42-32-30-28-26-24-22-20-18-16-14-12-10-8-6-4-2/h60,62,68,70,75-78,80-87,89-91,93-97H,3-59,61,63-67,69,71-74H2,1-2H3,(H,88,92)/b62-60+,70-68+. The van der Waals surface area contributed by atoms with Crippen molar-refractivity contribution in [1.82, 2.24) is 5.32 Å². The molecule has 1 amide bonds. The molecule has 2 heterocycles. The number of carbonyl (C=O) groups excluding carboxylic acids is 1. The molecule has 14 heteroatoms. The van der Waals surface area contributed by atoms with Gasteiger partial charge in [-0.25, -0.2) is 0 Å². The van der Waals surface area contributed by atoms with Crippen molar-refractivity contribution in [2.24, 2.45) is 0 Å². The van der Waals surface area contributed by atoms with Gasteiger partial charge in [0, 0.05) is 6.42 Å². The van der Waals surface area contributed by atoms with Gasteiger partial charge >= 0.3 is 0 Å². The number of amides is 1. The van der Waals surface area contributed by atoms with Crippen LogP contribution in [0, 0.1) is 0 Å². The van der Waals surface area contributed by atoms with Gasteiger partial charge in [0.05, 0.1) is 32.0 Å². The van der Waals surface area contributed by atoms with Crippen molar-refractivity contribution in [3.05, 3.63) is 24.3 Å². The molecular weight excluding hydrogens is 1270 g/mol. The predicted octanol–water partition coefficient (Wildman–Crippen LogP) is 21.0. The van der Waals surface area contributed by atoms with Gasteiger partial charge < -0.3 is 65.1 Å². The topological polar surface area (TPSA) is 228 Å². The van der Waals surface area contributed by atoms with E-state index in [1.807, 2.05) is 6.08 Å². The van der Waals surface area contributed by atoms with Gasteiger partial charge in [-0.3, -0.25) is 4.79 Å². The van der Waals surface area contributed by atoms with Crippen molar-refractivity contribution in [3.63, 3.8) is 0 Å². The molecule has 2 aliphatic heterocycles. The van der Waals surface area contributed by atoms with Gasteiger partial charge in [0.1, 0.15) is 48.8 Å². The summed E-state index contributed by atoms with van der Waals surface area (Å²) in [5.41, 5.74) is 0. The van der Waals surface area contributed by atoms with Crippen LogP contribution in [-0.4, -0.2) is 140 Å². The number of hydrogen-bond donors (Lipinski definition) is 9. The van der Waals surface area contributed by atoms with Gasteiger partial charge in [0.15, 0.2) is 12.6 Å². The fourth-order valence-corrected chi connectivity index (χ4v) is 15.0. The van der Waals surface area contributed by atoms with Crippen LogP contribution in [0.4, 0.5) is 0 Å². The van der Waals surface area contributed by atoms with Crippen LogP contribution in [0.25, 0.3) is 0 Å². The molecule has 9 N–H and O–H groups in total. The lowest BCUT2D eigenvalue weighted by molar-refractivity contribution is -0.359. The van der Waals surface area contributed by atoms with E-state index in [4.69, 9.17) is 18.9 Å². The lowest BCUT2D eigenvalue weighted by Crippen LogP contribution is -2.65. The Hall–Kier alpha value is -1.53. The normalized spacial score (nSPS) is 21.8. The molecule has 0 aromatic carbocycles. The van der Waals surface area contributed by atoms with E-state index < -0.39 is 86.8 Å². The number of ether oxygens (including phenoxy) is 4. The number of aliphatic hydroxyl groups is 8. The third-order valence-electron chi connectivity index (χ3n) is 21.9. The SMILES string of the molecule is CCCCCCCCCCCCCCCCCCCCCCCCC/C=C/CC/C=C/C(O)C(COC1OC(CO)C(OC2OC(CO)C(O)C(O)C2O)C(O)C1O)NC(=O)CCCCCCCCCCCCCCCCCCCCCCCCCCCCCCCCCCCCCCCC. The first kappa shape index (κ1) is 95.5. The molecule has 2 rings (SSSR count). The lowest BCUT2D eigenvalue weighted by atomic mass is 9.97. The van der Waals surface area contributed by atoms with Crippen molar-refractivity contribution in [2.75, 3.05) is 19.8 Å². The van der Waals surface area contributed by atoms with Crippen molar-refractivity contribution >= 4 is 5.91 Å². The Morgan fingerprint density at radius 3 is 0.970 bits per heavy atom. The molecule has 0 aliphatic carbocycles. The summed E-state index contributed by atoms with van der Waals surface area (Å²) in [6.45, 7) is 2.87. The molecule has 0 aromatic rings. The van der Waals surface area contributed by atoms with Crippen molar-refractivity contribution in [1.29, 1.82) is 0 Å². The Bertz CT molecular complexity index is 1790. The monoisotopic (exact) mass is 1430 g/mol. The van der Waals surface area contributed by atoms with E-state index in [0.717, 1.165) is 32.1 Å². The van der Waals surface area contributed by atoms with Crippen LogP contribution < -0.4 is 5.32 Å². The first-order chi connectivity index (χ1) is 49.6. The number of rotatable bonds is 76. The number of carbonyl (C=O) groups is 1. The van der Waals surface area contributed by atoms with Gasteiger partial charge in [0.2, 0.25) is 5.91 Å². The number of allylic oxidation sites excluding steroid dienone is 3. The zero-order valence-corrected chi connectivity index (χ0v) is 65.9. The predicted molar refractivity (Wildman–Crippen MR) is 420 cm³/mol. The molecule has 0 aromatic heterocycles. The first-order valence-electron chi connectivity index (χ1n) is 44.1. The minimum Gasteiger partial charge on any atom is -0.394 e. The number of hydrogen-bond acceptors (Lipinski definition) is 13. The van der Waals surface area contributed by atoms with Gasteiger partial charge in [0.25, 0.3) is 0 Å². The zero-order valence-electron chi connectivity index (χ0n) is 65.9. The Labute approximate surface area is 621 Å². The Balaban J connectivity index is 1.57. The summed E-state index contributed by atoms with van der Waals surface area (Å²) in [7, 11) is 0. The Kier molecular flexibility index (Phi) is 67.5. The average molecular weight is 1440 g/mol. The summed E-state index contributed by atoms with van der Waals surface area (Å²) in [6.07, 6.45) is 77.4. The van der Waals surface area contributed by atoms with Gasteiger partial charge in [-0.2, -0.15) is 0 Å². The lowest BCUT2D eigenvalue weighted by Gasteiger charge is -2.46. The summed E-state index contributed by atoms with van der Waals surface area (Å²) in [4.78, 5) is 13.4. The Morgan fingerprint density at radius 1 is 0.347 bits per heavy atom. The van der Waals surface area contributed by atoms with Crippen molar-refractivity contribution in [2.45, 2.75) is 505 Å². The summed E-state index contributed by atoms with van der Waals surface area (Å²) >= 11 is 0. The first-order valence-corrected chi connectivity index (χ1v) is 44.1. The maximum absolute atomic E-state index is 13.4. The minimum atomic E-state index is -1.79. The summed E-state index contributed by atoms with van der Waals surface area (Å²) in [6, 6.07) is -0.931. The van der Waals surface area contributed by atoms with Crippen molar-refractivity contribution < 1.29 is 64.6 Å². The number of nitrogens with one attached hydrogen (secondary N) is 1. The summed E-state index contributed by atoms with van der Waals surface area (Å²) < 4.78 is 22.9. The van der Waals surface area contributed by atoms with E-state index in [-0.39, 0.29) is 18.9 Å². The summed E-state index contributed by atoms with van der Waals surface area (Å²) in [5.74, 6) is -0.239. The molecule has 598 valence electrons. The van der Waals surface area contributed by atoms with E-state index in [9.17, 15) is 45.6 Å². The molecule has 14 nitrogen and oxygen atoms in total. The van der Waals surface area contributed by atoms with E-state index >= 15 is 0 Å². The molecule has 101 heavy (non-hydrogen) atoms. The maximum atomic E-state index is 13.4. The van der Waals surface area contributed by atoms with Gasteiger partial charge in [-0.15, -0.1) is 0 Å². The molecule has 0 radical (unpaired) electrons. The van der Waals surface area contributed by atoms with Crippen LogP contribution in [-0.2, 0) is 23.7 Å². The van der Waals surface area contributed by atoms with Crippen LogP contribution in [0.3, 0.4) is 0 Å². The molecule has 2 saturated heterocycles. The average Bonchev–Trinajstić information content (AvgIpc) is 0.791. The highest BCUT2D eigenvalue weighted by Crippen LogP contribution is 2.31. The van der Waals surface area contributed by atoms with Gasteiger partial charge in [-0.1, -0.05) is 417 Å². The largest absolute Gasteiger partial charge is 0.394 e. The highest BCUT2D eigenvalue weighted by atomic mass is 16.7. The van der Waals surface area contributed by atoms with Crippen molar-refractivity contribution in [3.8, 4) is 0 Å². The van der Waals surface area contributed by atoms with E-state index in [2.05, 4.69) is 31.3 Å². The molecule has 0 saturated carbocycles. The second-order valence-electron chi connectivity index (χ2n) is 31.4. The van der Waals surface area contributed by atoms with Crippen LogP contribution in [0.5, 0.6) is 0 Å². The zero-order chi connectivity index (χ0) is 73.0. The second-order valence-corrected chi connectivity index (χ2v) is 31.4. The van der Waals surface area contributed by atoms with Crippen LogP contribution in [0.1, 0.15) is 431 Å². The molecule has 12 unspecified atom stereocenters. The quantitative estimate of drug-likeness (QED) is 0.0204. The Morgan fingerprint density at radius 2 is 0.634 bits per heavy atom. The number of unbranched alkanes of at least 4 members (excludes halogenated alkanes) is 61. The van der Waals surface area contributed by atoms with Crippen LogP contribution in [0.15, 0.2) is 24.3 Å². The fourth-order valence-electron chi connectivity index (χ4n) is 15.0. The molecule has 0 bridgehead atoms. The third kappa shape index (κ3) is 53.8. The summed E-state index contributed by atoms with van der Waals surface area (Å²) in [5, 5.41) is 87.8. The second kappa shape index (κ2) is 71.4. The maximum Gasteiger partial charge on any atom is 0.220 e. The molecule has 12 atom stereocenters. The third-order valence-corrected chi connectivity index (χ3v) is 21.9. The number of aliphatic hydroxyl groups excluding tert-OH is 8. The molecule has 2 aliphatic rings. The van der Waals surface area contributed by atoms with Crippen LogP contribution >= 0.6 is 0 Å². The van der Waals surface area contributed by atoms with E-state index in [0.29, 0.717) is 12.8 Å². The van der Waals surface area contributed by atoms with Gasteiger partial charge in [-0.05, 0) is 32.1 Å². The smallest absolute Gasteiger partial charge is 0.220 e. The molecule has 2 fully saturated rings. The molecular formula is C87H167NO13. The molecule has 0 spiro atoms. The highest BCUT2D eigenvalue weighted by molar-refractivity contribution is 5.76. The van der Waals surface area contributed by atoms with E-state index in [1.165, 1.54) is 366 Å². The van der Waals surface area contributed by atoms with Crippen LogP contribution in [0.2, 0.25) is 0 Å². The fraction of sp³-hybridized carbons (Fsp3) is 0.943. The highest BCUT2D eigenvalue weighted by Gasteiger charge is 2.51. The minimum absolute atomic E-state index is 0.239.